The molecule has 0 N–H and O–H groups in total. The van der Waals surface area contributed by atoms with Gasteiger partial charge in [0.1, 0.15) is 0 Å². The van der Waals surface area contributed by atoms with Crippen LogP contribution in [0.25, 0.3) is 6.08 Å². The highest BCUT2D eigenvalue weighted by molar-refractivity contribution is 5.62. The zero-order chi connectivity index (χ0) is 15.0. The van der Waals surface area contributed by atoms with Crippen LogP contribution in [-0.4, -0.2) is 26.4 Å². The molecule has 0 aromatic heterocycles. The molecule has 0 atom stereocenters. The molecule has 0 spiro atoms. The lowest BCUT2D eigenvalue weighted by molar-refractivity contribution is 0.103. The Bertz CT molecular complexity index is 695. The summed E-state index contributed by atoms with van der Waals surface area (Å²) in [6, 6.07) is 18.2. The van der Waals surface area contributed by atoms with Gasteiger partial charge in [0.2, 0.25) is 0 Å². The monoisotopic (exact) mass is 290 g/mol. The number of ether oxygens (including phenoxy) is 2. The average molecular weight is 290 g/mol. The third-order valence-electron chi connectivity index (χ3n) is 3.38. The van der Waals surface area contributed by atoms with Crippen LogP contribution >= 0.6 is 0 Å². The fraction of sp³-hybridized carbons (Fsp3) is 0.200. The maximum Gasteiger partial charge on any atom is 0.0705 e. The van der Waals surface area contributed by atoms with E-state index >= 15 is 0 Å². The van der Waals surface area contributed by atoms with Crippen LogP contribution in [0.5, 0.6) is 0 Å². The van der Waals surface area contributed by atoms with Crippen molar-refractivity contribution in [2.75, 3.05) is 26.4 Å². The fourth-order valence-electron chi connectivity index (χ4n) is 2.27. The average Bonchev–Trinajstić information content (AvgIpc) is 2.84. The fourth-order valence-corrected chi connectivity index (χ4v) is 2.27. The van der Waals surface area contributed by atoms with E-state index in [1.807, 2.05) is 48.5 Å². The molecular formula is C20H18O2. The normalized spacial score (nSPS) is 14.6. The molecular weight excluding hydrogens is 272 g/mol. The van der Waals surface area contributed by atoms with E-state index in [2.05, 4.69) is 24.0 Å². The van der Waals surface area contributed by atoms with Crippen LogP contribution in [0.1, 0.15) is 16.7 Å². The highest BCUT2D eigenvalue weighted by atomic mass is 16.5. The highest BCUT2D eigenvalue weighted by Gasteiger charge is 2.05. The van der Waals surface area contributed by atoms with Gasteiger partial charge >= 0.3 is 0 Å². The minimum absolute atomic E-state index is 0.625. The zero-order valence-corrected chi connectivity index (χ0v) is 12.4. The van der Waals surface area contributed by atoms with E-state index in [0.717, 1.165) is 22.3 Å². The lowest BCUT2D eigenvalue weighted by atomic mass is 10.0. The molecule has 2 heteroatoms. The van der Waals surface area contributed by atoms with Crippen molar-refractivity contribution in [2.45, 2.75) is 0 Å². The molecule has 2 aromatic rings. The minimum Gasteiger partial charge on any atom is -0.375 e. The van der Waals surface area contributed by atoms with Crippen molar-refractivity contribution in [3.05, 3.63) is 76.9 Å². The van der Waals surface area contributed by atoms with Crippen LogP contribution in [0.4, 0.5) is 0 Å². The van der Waals surface area contributed by atoms with E-state index in [-0.39, 0.29) is 0 Å². The molecule has 1 aliphatic heterocycles. The Morgan fingerprint density at radius 3 is 2.23 bits per heavy atom. The Kier molecular flexibility index (Phi) is 5.04. The van der Waals surface area contributed by atoms with E-state index < -0.39 is 0 Å². The first kappa shape index (κ1) is 14.6. The molecule has 2 aromatic carbocycles. The Morgan fingerprint density at radius 1 is 0.773 bits per heavy atom. The van der Waals surface area contributed by atoms with E-state index in [4.69, 9.17) is 9.47 Å². The van der Waals surface area contributed by atoms with Gasteiger partial charge in [-0.05, 0) is 35.4 Å². The molecule has 110 valence electrons. The van der Waals surface area contributed by atoms with Gasteiger partial charge in [0.05, 0.1) is 26.4 Å². The van der Waals surface area contributed by atoms with E-state index in [1.165, 1.54) is 0 Å². The minimum atomic E-state index is 0.625. The van der Waals surface area contributed by atoms with Crippen LogP contribution in [0, 0.1) is 11.8 Å². The molecule has 2 nitrogen and oxygen atoms in total. The third-order valence-corrected chi connectivity index (χ3v) is 3.38. The summed E-state index contributed by atoms with van der Waals surface area (Å²) in [6.45, 7) is 2.57. The van der Waals surface area contributed by atoms with Crippen molar-refractivity contribution < 1.29 is 9.47 Å². The Balaban J connectivity index is 1.87. The van der Waals surface area contributed by atoms with E-state index in [0.29, 0.717) is 26.4 Å². The first-order valence-corrected chi connectivity index (χ1v) is 7.43. The molecule has 0 saturated carbocycles. The lowest BCUT2D eigenvalue weighted by Crippen LogP contribution is -1.98. The first-order chi connectivity index (χ1) is 10.9. The standard InChI is InChI=1S/C20H18O2/c1-2-6-17(7-3-1)10-11-19-8-4-5-9-20(19)14-18-15-21-12-13-22-16-18/h1-9,14H,12-13,15-16H2. The number of rotatable bonds is 1. The van der Waals surface area contributed by atoms with E-state index in [1.54, 1.807) is 0 Å². The van der Waals surface area contributed by atoms with Gasteiger partial charge in [-0.15, -0.1) is 0 Å². The summed E-state index contributed by atoms with van der Waals surface area (Å²) in [6.07, 6.45) is 2.13. The van der Waals surface area contributed by atoms with Crippen molar-refractivity contribution >= 4 is 6.08 Å². The molecule has 0 bridgehead atoms. The Labute approximate surface area is 131 Å². The molecule has 0 aliphatic carbocycles. The first-order valence-electron chi connectivity index (χ1n) is 7.43. The maximum atomic E-state index is 5.52. The zero-order valence-electron chi connectivity index (χ0n) is 12.4. The van der Waals surface area contributed by atoms with Gasteiger partial charge in [0, 0.05) is 11.1 Å². The maximum absolute atomic E-state index is 5.52. The summed E-state index contributed by atoms with van der Waals surface area (Å²) in [4.78, 5) is 0. The summed E-state index contributed by atoms with van der Waals surface area (Å²) < 4.78 is 11.0. The molecule has 1 saturated heterocycles. The van der Waals surface area contributed by atoms with Gasteiger partial charge in [0.15, 0.2) is 0 Å². The summed E-state index contributed by atoms with van der Waals surface area (Å²) >= 11 is 0. The molecule has 1 heterocycles. The topological polar surface area (TPSA) is 18.5 Å². The van der Waals surface area contributed by atoms with Gasteiger partial charge < -0.3 is 9.47 Å². The van der Waals surface area contributed by atoms with Crippen LogP contribution in [0.15, 0.2) is 60.2 Å². The van der Waals surface area contributed by atoms with Crippen molar-refractivity contribution in [2.24, 2.45) is 0 Å². The van der Waals surface area contributed by atoms with Crippen LogP contribution in [0.2, 0.25) is 0 Å². The summed E-state index contributed by atoms with van der Waals surface area (Å²) in [7, 11) is 0. The second-order valence-electron chi connectivity index (χ2n) is 5.11. The molecule has 0 amide bonds. The molecule has 0 unspecified atom stereocenters. The Hall–Kier alpha value is -2.34. The quantitative estimate of drug-likeness (QED) is 0.748. The van der Waals surface area contributed by atoms with Gasteiger partial charge in [-0.2, -0.15) is 0 Å². The summed E-state index contributed by atoms with van der Waals surface area (Å²) in [5.41, 5.74) is 4.29. The third kappa shape index (κ3) is 4.08. The van der Waals surface area contributed by atoms with Crippen LogP contribution < -0.4 is 0 Å². The molecule has 0 radical (unpaired) electrons. The molecule has 22 heavy (non-hydrogen) atoms. The van der Waals surface area contributed by atoms with Crippen LogP contribution in [-0.2, 0) is 9.47 Å². The van der Waals surface area contributed by atoms with Crippen molar-refractivity contribution in [3.63, 3.8) is 0 Å². The second kappa shape index (κ2) is 7.61. The van der Waals surface area contributed by atoms with Crippen molar-refractivity contribution in [1.82, 2.24) is 0 Å². The molecule has 1 aliphatic rings. The van der Waals surface area contributed by atoms with E-state index in [9.17, 15) is 0 Å². The predicted molar refractivity (Wildman–Crippen MR) is 88.5 cm³/mol. The largest absolute Gasteiger partial charge is 0.375 e. The molecule has 1 fully saturated rings. The predicted octanol–water partition coefficient (Wildman–Crippen LogP) is 3.52. The summed E-state index contributed by atoms with van der Waals surface area (Å²) in [5, 5.41) is 0. The lowest BCUT2D eigenvalue weighted by Gasteiger charge is -2.04. The Morgan fingerprint density at radius 2 is 1.45 bits per heavy atom. The number of hydrogen-bond acceptors (Lipinski definition) is 2. The van der Waals surface area contributed by atoms with Crippen molar-refractivity contribution in [3.8, 4) is 11.8 Å². The molecule has 3 rings (SSSR count). The SMILES string of the molecule is C(#Cc1ccccc1C=C1COCCOC1)c1ccccc1. The highest BCUT2D eigenvalue weighted by Crippen LogP contribution is 2.14. The van der Waals surface area contributed by atoms with Gasteiger partial charge in [-0.25, -0.2) is 0 Å². The number of hydrogen-bond donors (Lipinski definition) is 0. The van der Waals surface area contributed by atoms with Gasteiger partial charge in [-0.3, -0.25) is 0 Å². The van der Waals surface area contributed by atoms with Gasteiger partial charge in [0.25, 0.3) is 0 Å². The van der Waals surface area contributed by atoms with Crippen LogP contribution in [0.3, 0.4) is 0 Å². The number of benzene rings is 2. The van der Waals surface area contributed by atoms with Crippen molar-refractivity contribution in [1.29, 1.82) is 0 Å². The van der Waals surface area contributed by atoms with Gasteiger partial charge in [-0.1, -0.05) is 48.2 Å². The smallest absolute Gasteiger partial charge is 0.0705 e. The second-order valence-corrected chi connectivity index (χ2v) is 5.11. The summed E-state index contributed by atoms with van der Waals surface area (Å²) in [5.74, 6) is 6.47.